The lowest BCUT2D eigenvalue weighted by Gasteiger charge is -1.97. The van der Waals surface area contributed by atoms with Crippen LogP contribution in [0.5, 0.6) is 0 Å². The maximum absolute atomic E-state index is 4.25. The molecule has 0 aromatic carbocycles. The van der Waals surface area contributed by atoms with E-state index in [-0.39, 0.29) is 4.71 Å². The highest BCUT2D eigenvalue weighted by Crippen LogP contribution is 2.20. The van der Waals surface area contributed by atoms with Crippen molar-refractivity contribution in [3.8, 4) is 0 Å². The van der Waals surface area contributed by atoms with Gasteiger partial charge in [-0.15, -0.1) is 12.6 Å². The van der Waals surface area contributed by atoms with E-state index in [9.17, 15) is 0 Å². The summed E-state index contributed by atoms with van der Waals surface area (Å²) < 4.78 is 3.07. The zero-order chi connectivity index (χ0) is 8.39. The van der Waals surface area contributed by atoms with Crippen LogP contribution < -0.4 is 4.72 Å². The first-order valence-electron chi connectivity index (χ1n) is 3.44. The number of rotatable bonds is 1. The number of amidine groups is 1. The average molecular weight is 197 g/mol. The van der Waals surface area contributed by atoms with E-state index < -0.39 is 0 Å². The lowest BCUT2D eigenvalue weighted by atomic mass is 10.3. The molecule has 1 aliphatic rings. The Morgan fingerprint density at radius 2 is 2.50 bits per heavy atom. The van der Waals surface area contributed by atoms with Gasteiger partial charge >= 0.3 is 0 Å². The molecule has 1 unspecified atom stereocenters. The monoisotopic (exact) mass is 197 g/mol. The Bertz CT molecular complexity index is 299. The van der Waals surface area contributed by atoms with Crippen molar-refractivity contribution in [1.29, 1.82) is 0 Å². The second-order valence-electron chi connectivity index (χ2n) is 2.27. The minimum absolute atomic E-state index is 0.000191. The Balaban J connectivity index is 2.27. The molecule has 0 radical (unpaired) electrons. The number of pyridine rings is 1. The topological polar surface area (TPSA) is 37.3 Å². The number of aliphatic imine (C=N–C) groups is 1. The van der Waals surface area contributed by atoms with E-state index in [1.807, 2.05) is 12.1 Å². The van der Waals surface area contributed by atoms with E-state index in [4.69, 9.17) is 0 Å². The van der Waals surface area contributed by atoms with Gasteiger partial charge in [0.2, 0.25) is 0 Å². The summed E-state index contributed by atoms with van der Waals surface area (Å²) in [6.07, 6.45) is 3.52. The molecule has 0 aliphatic carbocycles. The molecule has 1 atom stereocenters. The van der Waals surface area contributed by atoms with Crippen LogP contribution in [0.2, 0.25) is 0 Å². The molecule has 1 aromatic rings. The third kappa shape index (κ3) is 1.56. The van der Waals surface area contributed by atoms with Crippen LogP contribution in [0.1, 0.15) is 5.56 Å². The van der Waals surface area contributed by atoms with Crippen molar-refractivity contribution < 1.29 is 0 Å². The molecule has 0 amide bonds. The van der Waals surface area contributed by atoms with Crippen molar-refractivity contribution in [3.63, 3.8) is 0 Å². The van der Waals surface area contributed by atoms with Gasteiger partial charge in [-0.2, -0.15) is 0 Å². The molecule has 0 spiro atoms. The normalized spacial score (nSPS) is 21.8. The third-order valence-electron chi connectivity index (χ3n) is 1.44. The molecule has 0 bridgehead atoms. The number of aromatic nitrogens is 1. The summed E-state index contributed by atoms with van der Waals surface area (Å²) in [4.78, 5) is 8.25. The highest BCUT2D eigenvalue weighted by molar-refractivity contribution is 8.09. The average Bonchev–Trinajstić information content (AvgIpc) is 2.54. The van der Waals surface area contributed by atoms with Crippen LogP contribution in [0.25, 0.3) is 0 Å². The number of nitrogens with one attached hydrogen (secondary N) is 1. The van der Waals surface area contributed by atoms with E-state index in [1.165, 1.54) is 11.9 Å². The molecule has 12 heavy (non-hydrogen) atoms. The molecule has 0 saturated heterocycles. The lowest BCUT2D eigenvalue weighted by molar-refractivity contribution is 1.28. The summed E-state index contributed by atoms with van der Waals surface area (Å²) in [7, 11) is 0. The quantitative estimate of drug-likeness (QED) is 0.526. The van der Waals surface area contributed by atoms with Gasteiger partial charge in [-0.05, 0) is 24.1 Å². The lowest BCUT2D eigenvalue weighted by Crippen LogP contribution is -2.12. The summed E-state index contributed by atoms with van der Waals surface area (Å²) >= 11 is 5.68. The summed E-state index contributed by atoms with van der Waals surface area (Å²) in [5, 5.41) is 0. The van der Waals surface area contributed by atoms with Crippen LogP contribution >= 0.6 is 24.6 Å². The fourth-order valence-corrected chi connectivity index (χ4v) is 1.73. The van der Waals surface area contributed by atoms with Crippen molar-refractivity contribution in [1.82, 2.24) is 9.71 Å². The van der Waals surface area contributed by atoms with Crippen LogP contribution in [-0.2, 0) is 0 Å². The van der Waals surface area contributed by atoms with E-state index in [1.54, 1.807) is 12.4 Å². The molecule has 5 heteroatoms. The maximum Gasteiger partial charge on any atom is 0.159 e. The Hall–Kier alpha value is -0.680. The molecule has 62 valence electrons. The van der Waals surface area contributed by atoms with E-state index >= 15 is 0 Å². The summed E-state index contributed by atoms with van der Waals surface area (Å²) in [5.41, 5.74) is 1.00. The summed E-state index contributed by atoms with van der Waals surface area (Å²) in [5.74, 6) is 0.855. The van der Waals surface area contributed by atoms with Gasteiger partial charge in [0.15, 0.2) is 4.71 Å². The van der Waals surface area contributed by atoms with Crippen molar-refractivity contribution in [2.75, 3.05) is 0 Å². The van der Waals surface area contributed by atoms with Crippen molar-refractivity contribution in [3.05, 3.63) is 30.1 Å². The molecule has 3 nitrogen and oxygen atoms in total. The van der Waals surface area contributed by atoms with E-state index in [0.717, 1.165) is 11.4 Å². The summed E-state index contributed by atoms with van der Waals surface area (Å²) in [6, 6.07) is 3.85. The minimum Gasteiger partial charge on any atom is -0.312 e. The molecule has 1 N–H and O–H groups in total. The van der Waals surface area contributed by atoms with Crippen LogP contribution in [0.15, 0.2) is 29.5 Å². The SMILES string of the molecule is SC1N=C(c2cccnc2)NS1. The first-order valence-corrected chi connectivity index (χ1v) is 4.84. The summed E-state index contributed by atoms with van der Waals surface area (Å²) in [6.45, 7) is 0. The van der Waals surface area contributed by atoms with E-state index in [0.29, 0.717) is 0 Å². The Labute approximate surface area is 80.2 Å². The number of hydrogen-bond acceptors (Lipinski definition) is 5. The number of nitrogens with zero attached hydrogens (tertiary/aromatic N) is 2. The Morgan fingerprint density at radius 3 is 3.08 bits per heavy atom. The molecule has 1 aliphatic heterocycles. The number of hydrogen-bond donors (Lipinski definition) is 2. The van der Waals surface area contributed by atoms with Gasteiger partial charge in [0.1, 0.15) is 5.84 Å². The van der Waals surface area contributed by atoms with Crippen molar-refractivity contribution >= 4 is 30.4 Å². The fraction of sp³-hybridized carbons (Fsp3) is 0.143. The Kier molecular flexibility index (Phi) is 2.23. The van der Waals surface area contributed by atoms with Crippen LogP contribution in [0, 0.1) is 0 Å². The second-order valence-corrected chi connectivity index (χ2v) is 3.99. The Morgan fingerprint density at radius 1 is 1.58 bits per heavy atom. The predicted molar refractivity (Wildman–Crippen MR) is 54.3 cm³/mol. The molecule has 0 saturated carbocycles. The van der Waals surface area contributed by atoms with Crippen LogP contribution in [0.4, 0.5) is 0 Å². The molecular weight excluding hydrogens is 190 g/mol. The fourth-order valence-electron chi connectivity index (χ4n) is 0.908. The van der Waals surface area contributed by atoms with Crippen molar-refractivity contribution in [2.24, 2.45) is 4.99 Å². The predicted octanol–water partition coefficient (Wildman–Crippen LogP) is 1.29. The second kappa shape index (κ2) is 3.37. The van der Waals surface area contributed by atoms with Crippen molar-refractivity contribution in [2.45, 2.75) is 4.71 Å². The van der Waals surface area contributed by atoms with Gasteiger partial charge in [0.25, 0.3) is 0 Å². The van der Waals surface area contributed by atoms with Gasteiger partial charge in [0.05, 0.1) is 0 Å². The van der Waals surface area contributed by atoms with Gasteiger partial charge in [-0.1, -0.05) is 0 Å². The standard InChI is InChI=1S/C7H7N3S2/c11-7-9-6(10-12-7)5-2-1-3-8-4-5/h1-4,7,11H,(H,9,10). The third-order valence-corrected chi connectivity index (χ3v) is 2.49. The molecule has 1 aromatic heterocycles. The molecule has 0 fully saturated rings. The minimum atomic E-state index is 0.000191. The first-order chi connectivity index (χ1) is 5.86. The van der Waals surface area contributed by atoms with Gasteiger partial charge in [-0.3, -0.25) is 4.98 Å². The maximum atomic E-state index is 4.25. The van der Waals surface area contributed by atoms with Gasteiger partial charge in [0, 0.05) is 18.0 Å². The molecule has 2 rings (SSSR count). The first kappa shape index (κ1) is 7.94. The highest BCUT2D eigenvalue weighted by Gasteiger charge is 2.14. The molecular formula is C7H7N3S2. The van der Waals surface area contributed by atoms with Gasteiger partial charge in [-0.25, -0.2) is 4.99 Å². The van der Waals surface area contributed by atoms with Crippen LogP contribution in [-0.4, -0.2) is 15.5 Å². The molecule has 2 heterocycles. The van der Waals surface area contributed by atoms with E-state index in [2.05, 4.69) is 27.3 Å². The van der Waals surface area contributed by atoms with Crippen LogP contribution in [0.3, 0.4) is 0 Å². The highest BCUT2D eigenvalue weighted by atomic mass is 32.2. The smallest absolute Gasteiger partial charge is 0.159 e. The largest absolute Gasteiger partial charge is 0.312 e. The number of thiol groups is 1. The zero-order valence-corrected chi connectivity index (χ0v) is 7.85. The van der Waals surface area contributed by atoms with Gasteiger partial charge < -0.3 is 4.72 Å². The zero-order valence-electron chi connectivity index (χ0n) is 6.14.